The Morgan fingerprint density at radius 2 is 1.82 bits per heavy atom. The summed E-state index contributed by atoms with van der Waals surface area (Å²) in [6.45, 7) is 1.95. The standard InChI is InChI=1S/C14H11Cl2N/c1-10-13(16)6-3-7-14(10)17-9-11-4-2-5-12(15)8-11/h2-9H,1H3. The quantitative estimate of drug-likeness (QED) is 0.673. The van der Waals surface area contributed by atoms with Crippen LogP contribution in [0.15, 0.2) is 47.5 Å². The minimum absolute atomic E-state index is 0.705. The van der Waals surface area contributed by atoms with Crippen LogP contribution in [0.3, 0.4) is 0 Å². The lowest BCUT2D eigenvalue weighted by molar-refractivity contribution is 1.40. The zero-order valence-corrected chi connectivity index (χ0v) is 10.8. The maximum atomic E-state index is 6.03. The number of rotatable bonds is 2. The summed E-state index contributed by atoms with van der Waals surface area (Å²) in [5.41, 5.74) is 2.82. The molecule has 86 valence electrons. The van der Waals surface area contributed by atoms with Gasteiger partial charge in [0.05, 0.1) is 5.69 Å². The summed E-state index contributed by atoms with van der Waals surface area (Å²) in [5, 5.41) is 1.43. The highest BCUT2D eigenvalue weighted by Gasteiger charge is 1.99. The normalized spacial score (nSPS) is 11.0. The van der Waals surface area contributed by atoms with Crippen molar-refractivity contribution in [1.82, 2.24) is 0 Å². The topological polar surface area (TPSA) is 12.4 Å². The van der Waals surface area contributed by atoms with Gasteiger partial charge in [0.15, 0.2) is 0 Å². The van der Waals surface area contributed by atoms with E-state index in [1.165, 1.54) is 0 Å². The molecule has 3 heteroatoms. The summed E-state index contributed by atoms with van der Waals surface area (Å²) in [6.07, 6.45) is 1.78. The van der Waals surface area contributed by atoms with Gasteiger partial charge >= 0.3 is 0 Å². The smallest absolute Gasteiger partial charge is 0.0673 e. The fraction of sp³-hybridized carbons (Fsp3) is 0.0714. The van der Waals surface area contributed by atoms with Gasteiger partial charge in [0.25, 0.3) is 0 Å². The van der Waals surface area contributed by atoms with Crippen LogP contribution in [0.1, 0.15) is 11.1 Å². The molecule has 0 aliphatic rings. The summed E-state index contributed by atoms with van der Waals surface area (Å²) in [6, 6.07) is 13.2. The molecule has 0 aliphatic carbocycles. The number of aliphatic imine (C=N–C) groups is 1. The van der Waals surface area contributed by atoms with E-state index in [1.54, 1.807) is 6.21 Å². The highest BCUT2D eigenvalue weighted by Crippen LogP contribution is 2.25. The maximum Gasteiger partial charge on any atom is 0.0673 e. The van der Waals surface area contributed by atoms with Gasteiger partial charge in [0.2, 0.25) is 0 Å². The highest BCUT2D eigenvalue weighted by molar-refractivity contribution is 6.31. The summed E-state index contributed by atoms with van der Waals surface area (Å²) in [4.78, 5) is 4.41. The number of hydrogen-bond acceptors (Lipinski definition) is 1. The van der Waals surface area contributed by atoms with E-state index in [2.05, 4.69) is 4.99 Å². The predicted octanol–water partition coefficient (Wildman–Crippen LogP) is 5.05. The van der Waals surface area contributed by atoms with Gasteiger partial charge in [-0.3, -0.25) is 4.99 Å². The zero-order chi connectivity index (χ0) is 12.3. The molecule has 0 amide bonds. The van der Waals surface area contributed by atoms with Gasteiger partial charge in [-0.25, -0.2) is 0 Å². The second-order valence-corrected chi connectivity index (χ2v) is 4.54. The molecule has 1 nitrogen and oxygen atoms in total. The van der Waals surface area contributed by atoms with E-state index in [0.717, 1.165) is 21.8 Å². The average Bonchev–Trinajstić information content (AvgIpc) is 2.31. The first-order valence-electron chi connectivity index (χ1n) is 5.21. The van der Waals surface area contributed by atoms with E-state index in [0.29, 0.717) is 5.02 Å². The molecule has 17 heavy (non-hydrogen) atoms. The SMILES string of the molecule is Cc1c(Cl)cccc1N=Cc1cccc(Cl)c1. The Balaban J connectivity index is 2.29. The Hall–Kier alpha value is -1.31. The third-order valence-corrected chi connectivity index (χ3v) is 3.09. The lowest BCUT2D eigenvalue weighted by atomic mass is 10.2. The van der Waals surface area contributed by atoms with Crippen LogP contribution < -0.4 is 0 Å². The summed E-state index contributed by atoms with van der Waals surface area (Å²) in [7, 11) is 0. The summed E-state index contributed by atoms with van der Waals surface area (Å²) < 4.78 is 0. The molecule has 2 aromatic carbocycles. The molecule has 0 radical (unpaired) electrons. The molecule has 0 heterocycles. The minimum atomic E-state index is 0.705. The third kappa shape index (κ3) is 3.09. The largest absolute Gasteiger partial charge is 0.256 e. The summed E-state index contributed by atoms with van der Waals surface area (Å²) in [5.74, 6) is 0. The predicted molar refractivity (Wildman–Crippen MR) is 74.9 cm³/mol. The molecule has 2 aromatic rings. The lowest BCUT2D eigenvalue weighted by Crippen LogP contribution is -1.81. The van der Waals surface area contributed by atoms with Crippen LogP contribution in [0.5, 0.6) is 0 Å². The van der Waals surface area contributed by atoms with Gasteiger partial charge in [0.1, 0.15) is 0 Å². The van der Waals surface area contributed by atoms with Crippen LogP contribution in [-0.4, -0.2) is 6.21 Å². The van der Waals surface area contributed by atoms with Crippen molar-refractivity contribution in [3.8, 4) is 0 Å². The monoisotopic (exact) mass is 263 g/mol. The fourth-order valence-electron chi connectivity index (χ4n) is 1.47. The molecule has 0 spiro atoms. The fourth-order valence-corrected chi connectivity index (χ4v) is 1.84. The molecule has 0 aromatic heterocycles. The van der Waals surface area contributed by atoms with E-state index in [-0.39, 0.29) is 0 Å². The van der Waals surface area contributed by atoms with Crippen molar-refractivity contribution in [1.29, 1.82) is 0 Å². The zero-order valence-electron chi connectivity index (χ0n) is 9.32. The third-order valence-electron chi connectivity index (χ3n) is 2.44. The minimum Gasteiger partial charge on any atom is -0.256 e. The van der Waals surface area contributed by atoms with Crippen LogP contribution in [0.2, 0.25) is 10.0 Å². The van der Waals surface area contributed by atoms with E-state index in [4.69, 9.17) is 23.2 Å². The second kappa shape index (κ2) is 5.35. The number of hydrogen-bond donors (Lipinski definition) is 0. The molecule has 0 fully saturated rings. The molecular weight excluding hydrogens is 253 g/mol. The average molecular weight is 264 g/mol. The van der Waals surface area contributed by atoms with E-state index < -0.39 is 0 Å². The Bertz CT molecular complexity index is 562. The van der Waals surface area contributed by atoms with Crippen molar-refractivity contribution in [2.45, 2.75) is 6.92 Å². The molecule has 0 aliphatic heterocycles. The van der Waals surface area contributed by atoms with Gasteiger partial charge in [-0.2, -0.15) is 0 Å². The first-order chi connectivity index (χ1) is 8.16. The number of nitrogens with zero attached hydrogens (tertiary/aromatic N) is 1. The Kier molecular flexibility index (Phi) is 3.82. The van der Waals surface area contributed by atoms with E-state index >= 15 is 0 Å². The molecule has 0 saturated carbocycles. The molecule has 0 unspecified atom stereocenters. The van der Waals surface area contributed by atoms with Gasteiger partial charge < -0.3 is 0 Å². The van der Waals surface area contributed by atoms with Crippen molar-refractivity contribution in [3.05, 3.63) is 63.6 Å². The number of halogens is 2. The molecule has 0 saturated heterocycles. The first-order valence-corrected chi connectivity index (χ1v) is 5.97. The maximum absolute atomic E-state index is 6.03. The van der Waals surface area contributed by atoms with E-state index in [9.17, 15) is 0 Å². The van der Waals surface area contributed by atoms with Crippen molar-refractivity contribution in [3.63, 3.8) is 0 Å². The van der Waals surface area contributed by atoms with E-state index in [1.807, 2.05) is 49.4 Å². The second-order valence-electron chi connectivity index (χ2n) is 3.70. The van der Waals surface area contributed by atoms with Crippen LogP contribution in [0.4, 0.5) is 5.69 Å². The molecule has 0 N–H and O–H groups in total. The molecular formula is C14H11Cl2N. The van der Waals surface area contributed by atoms with Crippen LogP contribution in [0, 0.1) is 6.92 Å². The first kappa shape index (κ1) is 12.2. The van der Waals surface area contributed by atoms with Crippen LogP contribution in [-0.2, 0) is 0 Å². The molecule has 2 rings (SSSR count). The number of benzene rings is 2. The lowest BCUT2D eigenvalue weighted by Gasteiger charge is -2.01. The molecule has 0 atom stereocenters. The van der Waals surface area contributed by atoms with Gasteiger partial charge in [0, 0.05) is 16.3 Å². The van der Waals surface area contributed by atoms with Crippen molar-refractivity contribution in [2.75, 3.05) is 0 Å². The van der Waals surface area contributed by atoms with Gasteiger partial charge in [-0.15, -0.1) is 0 Å². The van der Waals surface area contributed by atoms with Crippen LogP contribution in [0.25, 0.3) is 0 Å². The van der Waals surface area contributed by atoms with Crippen LogP contribution >= 0.6 is 23.2 Å². The molecule has 0 bridgehead atoms. The van der Waals surface area contributed by atoms with Gasteiger partial charge in [-0.05, 0) is 42.3 Å². The Labute approximate surface area is 111 Å². The Morgan fingerprint density at radius 1 is 1.06 bits per heavy atom. The highest BCUT2D eigenvalue weighted by atomic mass is 35.5. The van der Waals surface area contributed by atoms with Crippen molar-refractivity contribution >= 4 is 35.1 Å². The van der Waals surface area contributed by atoms with Gasteiger partial charge in [-0.1, -0.05) is 41.4 Å². The Morgan fingerprint density at radius 3 is 2.59 bits per heavy atom. The van der Waals surface area contributed by atoms with Crippen molar-refractivity contribution in [2.24, 2.45) is 4.99 Å². The van der Waals surface area contributed by atoms with Crippen molar-refractivity contribution < 1.29 is 0 Å². The summed E-state index contributed by atoms with van der Waals surface area (Å²) >= 11 is 11.9.